The molecular weight excluding hydrogens is 328 g/mol. The normalized spacial score (nSPS) is 18.8. The zero-order valence-electron chi connectivity index (χ0n) is 10.8. The molecule has 2 rings (SSSR count). The number of rotatable bonds is 3. The molecule has 1 aliphatic rings. The zero-order valence-corrected chi connectivity index (χ0v) is 13.3. The molecule has 0 saturated carbocycles. The highest BCUT2D eigenvalue weighted by Crippen LogP contribution is 2.21. The van der Waals surface area contributed by atoms with Crippen LogP contribution >= 0.6 is 28.3 Å². The predicted octanol–water partition coefficient (Wildman–Crippen LogP) is 3.07. The number of hydrogen-bond acceptors (Lipinski definition) is 2. The lowest BCUT2D eigenvalue weighted by molar-refractivity contribution is 0.0669. The first-order valence-electron chi connectivity index (χ1n) is 6.45. The lowest BCUT2D eigenvalue weighted by Gasteiger charge is -2.32. The maximum Gasteiger partial charge on any atom is 0.253 e. The molecule has 1 heterocycles. The van der Waals surface area contributed by atoms with Crippen LogP contribution in [0, 0.1) is 5.92 Å². The Morgan fingerprint density at radius 2 is 2.05 bits per heavy atom. The Bertz CT molecular complexity index is 408. The zero-order chi connectivity index (χ0) is 13.0. The van der Waals surface area contributed by atoms with E-state index >= 15 is 0 Å². The van der Waals surface area contributed by atoms with Crippen molar-refractivity contribution >= 4 is 34.2 Å². The fraction of sp³-hybridized carbons (Fsp3) is 0.500. The topological polar surface area (TPSA) is 46.3 Å². The van der Waals surface area contributed by atoms with Crippen molar-refractivity contribution in [3.8, 4) is 0 Å². The van der Waals surface area contributed by atoms with Gasteiger partial charge in [-0.05, 0) is 56.0 Å². The second-order valence-electron chi connectivity index (χ2n) is 4.84. The molecule has 106 valence electrons. The summed E-state index contributed by atoms with van der Waals surface area (Å²) in [4.78, 5) is 14.3. The third-order valence-corrected chi connectivity index (χ3v) is 4.00. The van der Waals surface area contributed by atoms with E-state index in [1.54, 1.807) is 0 Å². The van der Waals surface area contributed by atoms with Gasteiger partial charge in [0, 0.05) is 23.1 Å². The summed E-state index contributed by atoms with van der Waals surface area (Å²) in [6.45, 7) is 2.44. The third-order valence-electron chi connectivity index (χ3n) is 3.47. The average molecular weight is 348 g/mol. The van der Waals surface area contributed by atoms with Crippen LogP contribution in [-0.2, 0) is 0 Å². The van der Waals surface area contributed by atoms with E-state index in [1.807, 2.05) is 29.2 Å². The summed E-state index contributed by atoms with van der Waals surface area (Å²) >= 11 is 3.38. The number of nitrogens with two attached hydrogens (primary N) is 1. The van der Waals surface area contributed by atoms with E-state index in [2.05, 4.69) is 15.9 Å². The van der Waals surface area contributed by atoms with Gasteiger partial charge in [-0.1, -0.05) is 15.9 Å². The second-order valence-corrected chi connectivity index (χ2v) is 5.76. The van der Waals surface area contributed by atoms with Crippen LogP contribution in [0.25, 0.3) is 0 Å². The molecule has 5 heteroatoms. The van der Waals surface area contributed by atoms with Gasteiger partial charge in [0.15, 0.2) is 0 Å². The first kappa shape index (κ1) is 16.5. The highest BCUT2D eigenvalue weighted by molar-refractivity contribution is 9.10. The molecule has 0 spiro atoms. The van der Waals surface area contributed by atoms with Crippen molar-refractivity contribution in [3.63, 3.8) is 0 Å². The van der Waals surface area contributed by atoms with E-state index in [9.17, 15) is 4.79 Å². The minimum Gasteiger partial charge on any atom is -0.338 e. The molecule has 1 unspecified atom stereocenters. The molecule has 0 radical (unpaired) electrons. The number of amides is 1. The van der Waals surface area contributed by atoms with Crippen molar-refractivity contribution in [1.82, 2.24) is 4.90 Å². The number of piperidine rings is 1. The first-order valence-corrected chi connectivity index (χ1v) is 7.25. The van der Waals surface area contributed by atoms with Crippen LogP contribution in [0.15, 0.2) is 28.7 Å². The number of likely N-dealkylation sites (tertiary alicyclic amines) is 1. The molecule has 1 amide bonds. The summed E-state index contributed by atoms with van der Waals surface area (Å²) in [6.07, 6.45) is 3.30. The van der Waals surface area contributed by atoms with Crippen LogP contribution in [0.1, 0.15) is 29.6 Å². The van der Waals surface area contributed by atoms with Gasteiger partial charge in [0.25, 0.3) is 5.91 Å². The molecule has 1 atom stereocenters. The molecule has 3 nitrogen and oxygen atoms in total. The van der Waals surface area contributed by atoms with E-state index in [0.717, 1.165) is 36.0 Å². The highest BCUT2D eigenvalue weighted by atomic mass is 79.9. The summed E-state index contributed by atoms with van der Waals surface area (Å²) in [5.74, 6) is 0.715. The molecule has 1 aliphatic heterocycles. The van der Waals surface area contributed by atoms with Crippen LogP contribution in [0.3, 0.4) is 0 Å². The molecule has 2 N–H and O–H groups in total. The second kappa shape index (κ2) is 7.88. The van der Waals surface area contributed by atoms with E-state index in [4.69, 9.17) is 5.73 Å². The highest BCUT2D eigenvalue weighted by Gasteiger charge is 2.23. The molecule has 1 aromatic rings. The number of hydrogen-bond donors (Lipinski definition) is 1. The number of halogens is 2. The van der Waals surface area contributed by atoms with Gasteiger partial charge in [-0.3, -0.25) is 4.79 Å². The van der Waals surface area contributed by atoms with E-state index in [1.165, 1.54) is 6.42 Å². The van der Waals surface area contributed by atoms with Gasteiger partial charge < -0.3 is 10.6 Å². The average Bonchev–Trinajstić information content (AvgIpc) is 2.39. The molecule has 1 saturated heterocycles. The molecular formula is C14H20BrClN2O. The van der Waals surface area contributed by atoms with Gasteiger partial charge in [-0.2, -0.15) is 0 Å². The van der Waals surface area contributed by atoms with Crippen molar-refractivity contribution in [2.24, 2.45) is 11.7 Å². The Morgan fingerprint density at radius 3 is 2.68 bits per heavy atom. The van der Waals surface area contributed by atoms with Gasteiger partial charge in [0.1, 0.15) is 0 Å². The Morgan fingerprint density at radius 1 is 1.37 bits per heavy atom. The smallest absolute Gasteiger partial charge is 0.253 e. The minimum absolute atomic E-state index is 0. The number of carbonyl (C=O) groups excluding carboxylic acids is 1. The fourth-order valence-corrected chi connectivity index (χ4v) is 2.76. The Balaban J connectivity index is 0.00000180. The largest absolute Gasteiger partial charge is 0.338 e. The van der Waals surface area contributed by atoms with Crippen LogP contribution in [-0.4, -0.2) is 30.4 Å². The first-order chi connectivity index (χ1) is 8.70. The standard InChI is InChI=1S/C14H19BrN2O.ClH/c15-13-5-3-12(4-6-13)14(18)17-9-1-2-11(10-17)7-8-16;/h3-6,11H,1-2,7-10,16H2;1H. The Kier molecular flexibility index (Phi) is 6.83. The number of carbonyl (C=O) groups is 1. The van der Waals surface area contributed by atoms with Gasteiger partial charge in [-0.15, -0.1) is 12.4 Å². The summed E-state index contributed by atoms with van der Waals surface area (Å²) < 4.78 is 0.999. The van der Waals surface area contributed by atoms with E-state index < -0.39 is 0 Å². The van der Waals surface area contributed by atoms with Crippen LogP contribution < -0.4 is 5.73 Å². The summed E-state index contributed by atoms with van der Waals surface area (Å²) in [7, 11) is 0. The molecule has 1 fully saturated rings. The van der Waals surface area contributed by atoms with Gasteiger partial charge >= 0.3 is 0 Å². The quantitative estimate of drug-likeness (QED) is 0.913. The maximum absolute atomic E-state index is 12.3. The summed E-state index contributed by atoms with van der Waals surface area (Å²) in [6, 6.07) is 7.57. The Hall–Kier alpha value is -0.580. The molecule has 19 heavy (non-hydrogen) atoms. The van der Waals surface area contributed by atoms with Crippen molar-refractivity contribution in [2.75, 3.05) is 19.6 Å². The van der Waals surface area contributed by atoms with Crippen molar-refractivity contribution < 1.29 is 4.79 Å². The van der Waals surface area contributed by atoms with Gasteiger partial charge in [0.05, 0.1) is 0 Å². The molecule has 0 aromatic heterocycles. The van der Waals surface area contributed by atoms with Crippen LogP contribution in [0.4, 0.5) is 0 Å². The SMILES string of the molecule is Cl.NCCC1CCCN(C(=O)c2ccc(Br)cc2)C1. The lowest BCUT2D eigenvalue weighted by Crippen LogP contribution is -2.40. The minimum atomic E-state index is 0. The summed E-state index contributed by atoms with van der Waals surface area (Å²) in [5, 5.41) is 0. The lowest BCUT2D eigenvalue weighted by atomic mass is 9.94. The maximum atomic E-state index is 12.3. The summed E-state index contributed by atoms with van der Waals surface area (Å²) in [5.41, 5.74) is 6.37. The number of nitrogens with zero attached hydrogens (tertiary/aromatic N) is 1. The molecule has 0 aliphatic carbocycles. The van der Waals surface area contributed by atoms with Crippen LogP contribution in [0.2, 0.25) is 0 Å². The van der Waals surface area contributed by atoms with Crippen LogP contribution in [0.5, 0.6) is 0 Å². The van der Waals surface area contributed by atoms with Gasteiger partial charge in [-0.25, -0.2) is 0 Å². The van der Waals surface area contributed by atoms with E-state index in [0.29, 0.717) is 12.5 Å². The van der Waals surface area contributed by atoms with Gasteiger partial charge in [0.2, 0.25) is 0 Å². The van der Waals surface area contributed by atoms with Crippen molar-refractivity contribution in [1.29, 1.82) is 0 Å². The molecule has 1 aromatic carbocycles. The monoisotopic (exact) mass is 346 g/mol. The van der Waals surface area contributed by atoms with Crippen molar-refractivity contribution in [2.45, 2.75) is 19.3 Å². The van der Waals surface area contributed by atoms with E-state index in [-0.39, 0.29) is 18.3 Å². The molecule has 0 bridgehead atoms. The Labute approximate surface area is 129 Å². The third kappa shape index (κ3) is 4.48. The number of benzene rings is 1. The predicted molar refractivity (Wildman–Crippen MR) is 83.7 cm³/mol. The van der Waals surface area contributed by atoms with Crippen molar-refractivity contribution in [3.05, 3.63) is 34.3 Å². The fourth-order valence-electron chi connectivity index (χ4n) is 2.50.